The fourth-order valence-corrected chi connectivity index (χ4v) is 4.76. The van der Waals surface area contributed by atoms with E-state index in [0.717, 1.165) is 29.7 Å². The zero-order chi connectivity index (χ0) is 26.3. The summed E-state index contributed by atoms with van der Waals surface area (Å²) in [4.78, 5) is 26.7. The average molecular weight is 500 g/mol. The lowest BCUT2D eigenvalue weighted by molar-refractivity contribution is 0.0846. The van der Waals surface area contributed by atoms with Crippen LogP contribution in [0.5, 0.6) is 17.2 Å². The third kappa shape index (κ3) is 4.53. The molecule has 0 radical (unpaired) electrons. The summed E-state index contributed by atoms with van der Waals surface area (Å²) in [6, 6.07) is 16.3. The molecule has 0 atom stereocenters. The maximum absolute atomic E-state index is 13.4. The molecular formula is C30H29NO6. The Morgan fingerprint density at radius 1 is 1.00 bits per heavy atom. The Bertz CT molecular complexity index is 1570. The molecule has 0 aliphatic carbocycles. The Kier molecular flexibility index (Phi) is 6.15. The van der Waals surface area contributed by atoms with Gasteiger partial charge < -0.3 is 23.9 Å². The summed E-state index contributed by atoms with van der Waals surface area (Å²) in [6.45, 7) is 5.93. The first-order chi connectivity index (χ1) is 17.7. The number of amides is 1. The van der Waals surface area contributed by atoms with Gasteiger partial charge >= 0.3 is 5.63 Å². The molecule has 1 amide bonds. The van der Waals surface area contributed by atoms with Gasteiger partial charge in [-0.05, 0) is 87.2 Å². The largest absolute Gasteiger partial charge is 0.497 e. The van der Waals surface area contributed by atoms with Crippen LogP contribution in [0.25, 0.3) is 22.1 Å². The van der Waals surface area contributed by atoms with Gasteiger partial charge in [-0.3, -0.25) is 4.79 Å². The van der Waals surface area contributed by atoms with Crippen LogP contribution in [0, 0.1) is 6.92 Å². The van der Waals surface area contributed by atoms with Crippen LogP contribution >= 0.6 is 0 Å². The van der Waals surface area contributed by atoms with Crippen molar-refractivity contribution in [2.45, 2.75) is 39.2 Å². The fraction of sp³-hybridized carbons (Fsp3) is 0.267. The van der Waals surface area contributed by atoms with Crippen molar-refractivity contribution in [3.8, 4) is 28.4 Å². The highest BCUT2D eigenvalue weighted by molar-refractivity contribution is 6.10. The molecule has 0 saturated carbocycles. The molecule has 1 aliphatic rings. The van der Waals surface area contributed by atoms with Crippen molar-refractivity contribution in [3.63, 3.8) is 0 Å². The Balaban J connectivity index is 1.62. The maximum atomic E-state index is 13.4. The lowest BCUT2D eigenvalue weighted by Crippen LogP contribution is -2.32. The second kappa shape index (κ2) is 9.32. The number of aryl methyl sites for hydroxylation is 2. The number of hydrogen-bond donors (Lipinski definition) is 1. The first-order valence-electron chi connectivity index (χ1n) is 12.1. The standard InChI is InChI=1S/C30H29NO6/c1-17-23(35-5)13-11-22-25(18-6-9-21(34-4)10-7-18)26(29(33)36-27(17)22)31-28(32)20-8-12-24-19(16-20)14-15-30(2,3)37-24/h6-13,16H,14-15H2,1-5H3,(H,31,32). The zero-order valence-electron chi connectivity index (χ0n) is 21.6. The van der Waals surface area contributed by atoms with Crippen molar-refractivity contribution in [2.24, 2.45) is 0 Å². The minimum absolute atomic E-state index is 0.0716. The van der Waals surface area contributed by atoms with E-state index in [1.807, 2.05) is 69.3 Å². The number of methoxy groups -OCH3 is 2. The highest BCUT2D eigenvalue weighted by Crippen LogP contribution is 2.38. The van der Waals surface area contributed by atoms with E-state index in [9.17, 15) is 9.59 Å². The second-order valence-electron chi connectivity index (χ2n) is 9.78. The van der Waals surface area contributed by atoms with Crippen molar-refractivity contribution in [1.29, 1.82) is 0 Å². The fourth-order valence-electron chi connectivity index (χ4n) is 4.76. The van der Waals surface area contributed by atoms with E-state index >= 15 is 0 Å². The number of benzene rings is 3. The topological polar surface area (TPSA) is 87.0 Å². The van der Waals surface area contributed by atoms with E-state index in [2.05, 4.69) is 5.32 Å². The van der Waals surface area contributed by atoms with E-state index in [-0.39, 0.29) is 11.3 Å². The van der Waals surface area contributed by atoms with Crippen LogP contribution in [0.1, 0.15) is 41.8 Å². The molecule has 5 rings (SSSR count). The number of fused-ring (bicyclic) bond motifs is 2. The van der Waals surface area contributed by atoms with Gasteiger partial charge in [0.25, 0.3) is 5.91 Å². The molecule has 7 heteroatoms. The van der Waals surface area contributed by atoms with Gasteiger partial charge in [0, 0.05) is 22.1 Å². The minimum Gasteiger partial charge on any atom is -0.497 e. The summed E-state index contributed by atoms with van der Waals surface area (Å²) in [5.74, 6) is 1.66. The van der Waals surface area contributed by atoms with Crippen molar-refractivity contribution in [2.75, 3.05) is 19.5 Å². The molecule has 4 aromatic rings. The van der Waals surface area contributed by atoms with Gasteiger partial charge in [0.1, 0.15) is 34.1 Å². The molecule has 2 heterocycles. The third-order valence-corrected chi connectivity index (χ3v) is 6.82. The predicted molar refractivity (Wildman–Crippen MR) is 143 cm³/mol. The summed E-state index contributed by atoms with van der Waals surface area (Å²) < 4.78 is 22.5. The summed E-state index contributed by atoms with van der Waals surface area (Å²) >= 11 is 0. The maximum Gasteiger partial charge on any atom is 0.360 e. The Morgan fingerprint density at radius 2 is 1.76 bits per heavy atom. The van der Waals surface area contributed by atoms with Gasteiger partial charge in [-0.15, -0.1) is 0 Å². The van der Waals surface area contributed by atoms with Crippen LogP contribution in [-0.4, -0.2) is 25.7 Å². The molecule has 0 unspecified atom stereocenters. The Hall–Kier alpha value is -4.26. The molecule has 190 valence electrons. The third-order valence-electron chi connectivity index (χ3n) is 6.82. The van der Waals surface area contributed by atoms with Crippen LogP contribution in [0.3, 0.4) is 0 Å². The summed E-state index contributed by atoms with van der Waals surface area (Å²) in [5, 5.41) is 3.52. The van der Waals surface area contributed by atoms with Gasteiger partial charge in [-0.1, -0.05) is 12.1 Å². The highest BCUT2D eigenvalue weighted by atomic mass is 16.5. The Labute approximate surface area is 215 Å². The van der Waals surface area contributed by atoms with Crippen molar-refractivity contribution < 1.29 is 23.4 Å². The summed E-state index contributed by atoms with van der Waals surface area (Å²) in [6.07, 6.45) is 1.66. The van der Waals surface area contributed by atoms with Crippen molar-refractivity contribution in [3.05, 3.63) is 81.7 Å². The molecular weight excluding hydrogens is 470 g/mol. The number of anilines is 1. The molecule has 1 N–H and O–H groups in total. The molecule has 37 heavy (non-hydrogen) atoms. The zero-order valence-corrected chi connectivity index (χ0v) is 21.6. The number of rotatable bonds is 5. The lowest BCUT2D eigenvalue weighted by atomic mass is 9.93. The number of carbonyl (C=O) groups is 1. The van der Waals surface area contributed by atoms with Crippen LogP contribution < -0.4 is 25.2 Å². The minimum atomic E-state index is -0.647. The van der Waals surface area contributed by atoms with E-state index in [0.29, 0.717) is 39.2 Å². The van der Waals surface area contributed by atoms with Crippen LogP contribution in [0.15, 0.2) is 63.8 Å². The molecule has 1 aliphatic heterocycles. The number of hydrogen-bond acceptors (Lipinski definition) is 6. The van der Waals surface area contributed by atoms with Crippen LogP contribution in [0.2, 0.25) is 0 Å². The van der Waals surface area contributed by atoms with E-state index in [4.69, 9.17) is 18.6 Å². The Morgan fingerprint density at radius 3 is 2.46 bits per heavy atom. The van der Waals surface area contributed by atoms with Gasteiger partial charge in [0.15, 0.2) is 0 Å². The van der Waals surface area contributed by atoms with E-state index in [1.54, 1.807) is 20.3 Å². The highest BCUT2D eigenvalue weighted by Gasteiger charge is 2.27. The molecule has 0 spiro atoms. The molecule has 1 aromatic heterocycles. The molecule has 3 aromatic carbocycles. The van der Waals surface area contributed by atoms with Gasteiger partial charge in [0.05, 0.1) is 14.2 Å². The van der Waals surface area contributed by atoms with Crippen LogP contribution in [0.4, 0.5) is 5.69 Å². The van der Waals surface area contributed by atoms with E-state index in [1.165, 1.54) is 0 Å². The quantitative estimate of drug-likeness (QED) is 0.332. The van der Waals surface area contributed by atoms with Gasteiger partial charge in [0.2, 0.25) is 0 Å². The summed E-state index contributed by atoms with van der Waals surface area (Å²) in [7, 11) is 3.16. The number of nitrogens with one attached hydrogen (secondary N) is 1. The van der Waals surface area contributed by atoms with Crippen molar-refractivity contribution >= 4 is 22.6 Å². The van der Waals surface area contributed by atoms with Crippen LogP contribution in [-0.2, 0) is 6.42 Å². The smallest absolute Gasteiger partial charge is 0.360 e. The molecule has 0 fully saturated rings. The normalized spacial score (nSPS) is 14.0. The predicted octanol–water partition coefficient (Wildman–Crippen LogP) is 6.14. The second-order valence-corrected chi connectivity index (χ2v) is 9.78. The number of ether oxygens (including phenoxy) is 3. The lowest BCUT2D eigenvalue weighted by Gasteiger charge is -2.32. The van der Waals surface area contributed by atoms with Gasteiger partial charge in [-0.2, -0.15) is 0 Å². The van der Waals surface area contributed by atoms with Gasteiger partial charge in [-0.25, -0.2) is 4.79 Å². The monoisotopic (exact) mass is 499 g/mol. The molecule has 0 saturated heterocycles. The first-order valence-corrected chi connectivity index (χ1v) is 12.1. The number of carbonyl (C=O) groups excluding carboxylic acids is 1. The SMILES string of the molecule is COc1ccc(-c2c(NC(=O)c3ccc4c(c3)CCC(C)(C)O4)c(=O)oc3c(C)c(OC)ccc23)cc1. The van der Waals surface area contributed by atoms with Crippen molar-refractivity contribution in [1.82, 2.24) is 0 Å². The molecule has 0 bridgehead atoms. The average Bonchev–Trinajstić information content (AvgIpc) is 2.89. The first kappa shape index (κ1) is 24.4. The van der Waals surface area contributed by atoms with E-state index < -0.39 is 11.5 Å². The summed E-state index contributed by atoms with van der Waals surface area (Å²) in [5.41, 5.74) is 2.99. The molecule has 7 nitrogen and oxygen atoms in total.